The number of carbonyl (C=O) groups is 1. The van der Waals surface area contributed by atoms with E-state index in [4.69, 9.17) is 0 Å². The zero-order valence-corrected chi connectivity index (χ0v) is 15.5. The predicted octanol–water partition coefficient (Wildman–Crippen LogP) is 2.56. The molecule has 0 aromatic heterocycles. The van der Waals surface area contributed by atoms with Gasteiger partial charge in [-0.3, -0.25) is 0 Å². The van der Waals surface area contributed by atoms with E-state index in [0.29, 0.717) is 13.1 Å². The van der Waals surface area contributed by atoms with Crippen LogP contribution in [0.5, 0.6) is 0 Å². The lowest BCUT2D eigenvalue weighted by atomic mass is 9.99. The molecule has 2 amide bonds. The second-order valence-corrected chi connectivity index (χ2v) is 8.41. The minimum atomic E-state index is -3.11. The summed E-state index contributed by atoms with van der Waals surface area (Å²) >= 11 is 0. The lowest BCUT2D eigenvalue weighted by Crippen LogP contribution is -2.48. The summed E-state index contributed by atoms with van der Waals surface area (Å²) in [6, 6.07) is 7.65. The minimum absolute atomic E-state index is 0.0261. The van der Waals surface area contributed by atoms with Gasteiger partial charge in [-0.2, -0.15) is 0 Å². The number of sulfone groups is 1. The highest BCUT2D eigenvalue weighted by molar-refractivity contribution is 7.90. The normalized spacial score (nSPS) is 14.1. The van der Waals surface area contributed by atoms with Gasteiger partial charge in [0.15, 0.2) is 0 Å². The topological polar surface area (TPSA) is 66.5 Å². The monoisotopic (exact) mass is 340 g/mol. The Labute approximate surface area is 140 Å². The van der Waals surface area contributed by atoms with Crippen LogP contribution >= 0.6 is 0 Å². The number of hydrogen-bond donors (Lipinski definition) is 1. The Hall–Kier alpha value is -1.56. The number of rotatable bonds is 7. The predicted molar refractivity (Wildman–Crippen MR) is 94.5 cm³/mol. The SMILES string of the molecule is CCN(C(=O)NC[C@H](C)c1cccc(C)c1)[C@@H](C)CS(C)(=O)=O. The Kier molecular flexibility index (Phi) is 7.06. The van der Waals surface area contributed by atoms with Crippen molar-refractivity contribution in [1.82, 2.24) is 10.2 Å². The smallest absolute Gasteiger partial charge is 0.317 e. The molecule has 130 valence electrons. The summed E-state index contributed by atoms with van der Waals surface area (Å²) in [5.41, 5.74) is 2.37. The molecule has 0 aliphatic heterocycles. The fraction of sp³-hybridized carbons (Fsp3) is 0.588. The van der Waals surface area contributed by atoms with Gasteiger partial charge >= 0.3 is 6.03 Å². The van der Waals surface area contributed by atoms with Crippen LogP contribution in [-0.4, -0.2) is 50.5 Å². The first-order chi connectivity index (χ1) is 10.6. The van der Waals surface area contributed by atoms with E-state index in [1.807, 2.05) is 32.0 Å². The molecular formula is C17H28N2O3S. The molecule has 23 heavy (non-hydrogen) atoms. The van der Waals surface area contributed by atoms with Crippen LogP contribution < -0.4 is 5.32 Å². The molecule has 1 aromatic rings. The standard InChI is InChI=1S/C17H28N2O3S/c1-6-19(15(4)12-23(5,21)22)17(20)18-11-14(3)16-9-7-8-13(2)10-16/h7-10,14-15H,6,11-12H2,1-5H3,(H,18,20)/t14-,15-/m0/s1. The van der Waals surface area contributed by atoms with Crippen LogP contribution in [0, 0.1) is 6.92 Å². The molecule has 0 radical (unpaired) electrons. The van der Waals surface area contributed by atoms with E-state index in [2.05, 4.69) is 18.3 Å². The second kappa shape index (κ2) is 8.34. The van der Waals surface area contributed by atoms with Gasteiger partial charge in [0, 0.05) is 25.4 Å². The Bertz CT molecular complexity index is 628. The summed E-state index contributed by atoms with van der Waals surface area (Å²) in [5.74, 6) is 0.171. The van der Waals surface area contributed by atoms with Crippen molar-refractivity contribution < 1.29 is 13.2 Å². The number of benzene rings is 1. The summed E-state index contributed by atoms with van der Waals surface area (Å²) < 4.78 is 22.8. The molecule has 0 saturated carbocycles. The summed E-state index contributed by atoms with van der Waals surface area (Å²) in [6.07, 6.45) is 1.19. The van der Waals surface area contributed by atoms with Gasteiger partial charge in [0.1, 0.15) is 9.84 Å². The first-order valence-electron chi connectivity index (χ1n) is 7.92. The Morgan fingerprint density at radius 2 is 1.96 bits per heavy atom. The molecule has 1 N–H and O–H groups in total. The van der Waals surface area contributed by atoms with E-state index < -0.39 is 9.84 Å². The number of carbonyl (C=O) groups excluding carboxylic acids is 1. The first-order valence-corrected chi connectivity index (χ1v) is 9.98. The van der Waals surface area contributed by atoms with Crippen molar-refractivity contribution in [1.29, 1.82) is 0 Å². The van der Waals surface area contributed by atoms with Crippen molar-refractivity contribution in [3.8, 4) is 0 Å². The number of urea groups is 1. The van der Waals surface area contributed by atoms with Crippen LogP contribution in [0.1, 0.15) is 37.8 Å². The van der Waals surface area contributed by atoms with E-state index in [0.717, 1.165) is 0 Å². The van der Waals surface area contributed by atoms with E-state index in [-0.39, 0.29) is 23.7 Å². The summed E-state index contributed by atoms with van der Waals surface area (Å²) in [5, 5.41) is 2.91. The van der Waals surface area contributed by atoms with Crippen LogP contribution in [0.2, 0.25) is 0 Å². The number of amides is 2. The highest BCUT2D eigenvalue weighted by atomic mass is 32.2. The molecule has 0 spiro atoms. The van der Waals surface area contributed by atoms with Crippen molar-refractivity contribution in [3.63, 3.8) is 0 Å². The van der Waals surface area contributed by atoms with Crippen molar-refractivity contribution >= 4 is 15.9 Å². The third-order valence-electron chi connectivity index (χ3n) is 3.85. The molecular weight excluding hydrogens is 312 g/mol. The summed E-state index contributed by atoms with van der Waals surface area (Å²) in [4.78, 5) is 13.9. The van der Waals surface area contributed by atoms with Crippen LogP contribution in [-0.2, 0) is 9.84 Å². The second-order valence-electron chi connectivity index (χ2n) is 6.23. The Morgan fingerprint density at radius 3 is 2.48 bits per heavy atom. The maximum Gasteiger partial charge on any atom is 0.317 e. The van der Waals surface area contributed by atoms with Crippen LogP contribution in [0.15, 0.2) is 24.3 Å². The third kappa shape index (κ3) is 6.60. The minimum Gasteiger partial charge on any atom is -0.337 e. The van der Waals surface area contributed by atoms with Gasteiger partial charge in [0.25, 0.3) is 0 Å². The molecule has 0 saturated heterocycles. The molecule has 5 nitrogen and oxygen atoms in total. The Balaban J connectivity index is 2.63. The van der Waals surface area contributed by atoms with E-state index >= 15 is 0 Å². The largest absolute Gasteiger partial charge is 0.337 e. The van der Waals surface area contributed by atoms with Crippen LogP contribution in [0.3, 0.4) is 0 Å². The zero-order chi connectivity index (χ0) is 17.6. The Morgan fingerprint density at radius 1 is 1.30 bits per heavy atom. The van der Waals surface area contributed by atoms with Gasteiger partial charge < -0.3 is 10.2 Å². The maximum atomic E-state index is 12.3. The van der Waals surface area contributed by atoms with Crippen molar-refractivity contribution in [2.45, 2.75) is 39.7 Å². The fourth-order valence-corrected chi connectivity index (χ4v) is 3.68. The fourth-order valence-electron chi connectivity index (χ4n) is 2.62. The number of nitrogens with zero attached hydrogens (tertiary/aromatic N) is 1. The van der Waals surface area contributed by atoms with Crippen molar-refractivity contribution in [3.05, 3.63) is 35.4 Å². The molecule has 2 atom stereocenters. The first kappa shape index (κ1) is 19.5. The average molecular weight is 340 g/mol. The quantitative estimate of drug-likeness (QED) is 0.829. The van der Waals surface area contributed by atoms with E-state index in [1.165, 1.54) is 17.4 Å². The van der Waals surface area contributed by atoms with E-state index in [1.54, 1.807) is 11.8 Å². The number of hydrogen-bond acceptors (Lipinski definition) is 3. The van der Waals surface area contributed by atoms with Crippen molar-refractivity contribution in [2.75, 3.05) is 25.1 Å². The lowest BCUT2D eigenvalue weighted by Gasteiger charge is -2.28. The molecule has 0 bridgehead atoms. The number of nitrogens with one attached hydrogen (secondary N) is 1. The highest BCUT2D eigenvalue weighted by Crippen LogP contribution is 2.15. The molecule has 0 fully saturated rings. The van der Waals surface area contributed by atoms with Gasteiger partial charge in [-0.1, -0.05) is 36.8 Å². The maximum absolute atomic E-state index is 12.3. The van der Waals surface area contributed by atoms with Crippen LogP contribution in [0.25, 0.3) is 0 Å². The average Bonchev–Trinajstić information content (AvgIpc) is 2.43. The molecule has 1 aromatic carbocycles. The molecule has 6 heteroatoms. The van der Waals surface area contributed by atoms with Gasteiger partial charge in [-0.15, -0.1) is 0 Å². The molecule has 1 rings (SSSR count). The van der Waals surface area contributed by atoms with Crippen molar-refractivity contribution in [2.24, 2.45) is 0 Å². The highest BCUT2D eigenvalue weighted by Gasteiger charge is 2.22. The van der Waals surface area contributed by atoms with Gasteiger partial charge in [0.05, 0.1) is 5.75 Å². The molecule has 0 unspecified atom stereocenters. The lowest BCUT2D eigenvalue weighted by molar-refractivity contribution is 0.187. The summed E-state index contributed by atoms with van der Waals surface area (Å²) in [7, 11) is -3.11. The van der Waals surface area contributed by atoms with E-state index in [9.17, 15) is 13.2 Å². The molecule has 0 aliphatic rings. The van der Waals surface area contributed by atoms with Gasteiger partial charge in [-0.05, 0) is 32.3 Å². The molecule has 0 aliphatic carbocycles. The van der Waals surface area contributed by atoms with Crippen LogP contribution in [0.4, 0.5) is 4.79 Å². The molecule has 0 heterocycles. The van der Waals surface area contributed by atoms with Gasteiger partial charge in [0.2, 0.25) is 0 Å². The third-order valence-corrected chi connectivity index (χ3v) is 4.94. The zero-order valence-electron chi connectivity index (χ0n) is 14.7. The summed E-state index contributed by atoms with van der Waals surface area (Å²) in [6.45, 7) is 8.70. The van der Waals surface area contributed by atoms with Gasteiger partial charge in [-0.25, -0.2) is 13.2 Å². The number of aryl methyl sites for hydroxylation is 1.